The molecule has 0 N–H and O–H groups in total. The van der Waals surface area contributed by atoms with E-state index in [1.807, 2.05) is 6.07 Å². The highest BCUT2D eigenvalue weighted by atomic mass is 19.4. The average molecular weight is 511 g/mol. The second-order valence-corrected chi connectivity index (χ2v) is 8.25. The molecular formula is C28H21F4NO4. The van der Waals surface area contributed by atoms with Crippen LogP contribution in [0.4, 0.5) is 17.6 Å². The molecule has 1 aliphatic rings. The third kappa shape index (κ3) is 5.92. The Bertz CT molecular complexity index is 1360. The number of halogens is 4. The van der Waals surface area contributed by atoms with Crippen LogP contribution >= 0.6 is 0 Å². The first kappa shape index (κ1) is 25.8. The molecular weight excluding hydrogens is 490 g/mol. The molecule has 0 fully saturated rings. The molecule has 4 rings (SSSR count). The van der Waals surface area contributed by atoms with Gasteiger partial charge in [0.05, 0.1) is 43.3 Å². The predicted molar refractivity (Wildman–Crippen MR) is 127 cm³/mol. The highest BCUT2D eigenvalue weighted by molar-refractivity contribution is 6.05. The summed E-state index contributed by atoms with van der Waals surface area (Å²) in [5.74, 6) is -1.26. The van der Waals surface area contributed by atoms with Crippen LogP contribution < -0.4 is 14.2 Å². The summed E-state index contributed by atoms with van der Waals surface area (Å²) < 4.78 is 68.5. The Labute approximate surface area is 210 Å². The molecule has 1 heterocycles. The van der Waals surface area contributed by atoms with Crippen LogP contribution in [-0.4, -0.2) is 31.8 Å². The predicted octanol–water partition coefficient (Wildman–Crippen LogP) is 6.48. The zero-order valence-corrected chi connectivity index (χ0v) is 19.6. The normalized spacial score (nSPS) is 17.1. The molecule has 0 saturated carbocycles. The number of nitrogens with zero attached hydrogens (tertiary/aromatic N) is 1. The highest BCUT2D eigenvalue weighted by Gasteiger charge is 2.37. The number of alkyl halides is 3. The lowest BCUT2D eigenvalue weighted by Crippen LogP contribution is -2.34. The first-order valence-electron chi connectivity index (χ1n) is 11.3. The van der Waals surface area contributed by atoms with Crippen molar-refractivity contribution in [3.05, 3.63) is 94.8 Å². The Hall–Kier alpha value is -4.32. The number of ether oxygens (including phenoxy) is 3. The largest absolute Gasteiger partial charge is 0.493 e. The Kier molecular flexibility index (Phi) is 7.48. The summed E-state index contributed by atoms with van der Waals surface area (Å²) in [5.41, 5.74) is 1.62. The molecule has 0 spiro atoms. The molecule has 0 amide bonds. The van der Waals surface area contributed by atoms with Gasteiger partial charge in [0.15, 0.2) is 17.3 Å². The van der Waals surface area contributed by atoms with E-state index in [-0.39, 0.29) is 28.6 Å². The zero-order chi connectivity index (χ0) is 26.6. The molecule has 0 bridgehead atoms. The number of carbonyl (C=O) groups excluding carboxylic acids is 1. The van der Waals surface area contributed by atoms with Gasteiger partial charge in [-0.2, -0.15) is 18.4 Å². The van der Waals surface area contributed by atoms with E-state index < -0.39 is 37.0 Å². The van der Waals surface area contributed by atoms with Gasteiger partial charge in [0.25, 0.3) is 0 Å². The number of Topliss-reactive ketones (excluding diaryl/α,β-unsaturated/α-hetero) is 1. The Morgan fingerprint density at radius 1 is 1.11 bits per heavy atom. The summed E-state index contributed by atoms with van der Waals surface area (Å²) >= 11 is 0. The first-order valence-corrected chi connectivity index (χ1v) is 11.3. The summed E-state index contributed by atoms with van der Waals surface area (Å²) in [4.78, 5) is 13.5. The van der Waals surface area contributed by atoms with Gasteiger partial charge in [-0.15, -0.1) is 0 Å². The summed E-state index contributed by atoms with van der Waals surface area (Å²) in [6.07, 6.45) is -3.28. The summed E-state index contributed by atoms with van der Waals surface area (Å²) in [5, 5.41) is 9.11. The number of benzene rings is 3. The number of nitriles is 1. The molecule has 2 atom stereocenters. The molecule has 190 valence electrons. The monoisotopic (exact) mass is 511 g/mol. The van der Waals surface area contributed by atoms with E-state index in [2.05, 4.69) is 0 Å². The second-order valence-electron chi connectivity index (χ2n) is 8.25. The van der Waals surface area contributed by atoms with Gasteiger partial charge in [0.2, 0.25) is 0 Å². The number of methoxy groups -OCH3 is 1. The molecule has 0 aliphatic carbocycles. The molecule has 9 heteroatoms. The van der Waals surface area contributed by atoms with E-state index in [0.29, 0.717) is 16.7 Å². The minimum Gasteiger partial charge on any atom is -0.493 e. The molecule has 5 nitrogen and oxygen atoms in total. The van der Waals surface area contributed by atoms with Crippen molar-refractivity contribution in [2.45, 2.75) is 24.6 Å². The van der Waals surface area contributed by atoms with Crippen LogP contribution in [-0.2, 0) is 0 Å². The van der Waals surface area contributed by atoms with Gasteiger partial charge >= 0.3 is 6.18 Å². The molecule has 3 aromatic carbocycles. The van der Waals surface area contributed by atoms with Crippen LogP contribution in [0.3, 0.4) is 0 Å². The van der Waals surface area contributed by atoms with E-state index in [9.17, 15) is 22.4 Å². The van der Waals surface area contributed by atoms with Gasteiger partial charge in [-0.3, -0.25) is 4.79 Å². The van der Waals surface area contributed by atoms with Crippen LogP contribution in [0, 0.1) is 17.1 Å². The van der Waals surface area contributed by atoms with Crippen molar-refractivity contribution >= 4 is 11.9 Å². The summed E-state index contributed by atoms with van der Waals surface area (Å²) in [6.45, 7) is -0.607. The van der Waals surface area contributed by atoms with Crippen molar-refractivity contribution < 1.29 is 36.6 Å². The van der Waals surface area contributed by atoms with Crippen molar-refractivity contribution in [1.29, 1.82) is 5.26 Å². The Balaban J connectivity index is 1.71. The SMILES string of the molecule is COc1cccc(/C=C/C2Oc3cc(F)ccc3C(=O)C2c2ccc(C#N)cc2)c1OCCC(F)(F)F. The number of rotatable bonds is 7. The van der Waals surface area contributed by atoms with Gasteiger partial charge in [0.1, 0.15) is 17.7 Å². The number of carbonyl (C=O) groups is 1. The van der Waals surface area contributed by atoms with Crippen molar-refractivity contribution in [3.8, 4) is 23.3 Å². The fourth-order valence-corrected chi connectivity index (χ4v) is 4.03. The minimum atomic E-state index is -4.38. The van der Waals surface area contributed by atoms with E-state index >= 15 is 0 Å². The van der Waals surface area contributed by atoms with E-state index in [1.165, 1.54) is 19.2 Å². The van der Waals surface area contributed by atoms with Gasteiger partial charge in [0, 0.05) is 11.6 Å². The number of para-hydroxylation sites is 1. The lowest BCUT2D eigenvalue weighted by molar-refractivity contribution is -0.139. The van der Waals surface area contributed by atoms with Crippen molar-refractivity contribution in [2.75, 3.05) is 13.7 Å². The summed E-state index contributed by atoms with van der Waals surface area (Å²) in [6, 6.07) is 17.0. The topological polar surface area (TPSA) is 68.5 Å². The maximum atomic E-state index is 13.9. The lowest BCUT2D eigenvalue weighted by Gasteiger charge is -2.31. The highest BCUT2D eigenvalue weighted by Crippen LogP contribution is 2.39. The smallest absolute Gasteiger partial charge is 0.392 e. The third-order valence-electron chi connectivity index (χ3n) is 5.81. The maximum absolute atomic E-state index is 13.9. The van der Waals surface area contributed by atoms with Crippen molar-refractivity contribution in [2.24, 2.45) is 0 Å². The van der Waals surface area contributed by atoms with Crippen molar-refractivity contribution in [1.82, 2.24) is 0 Å². The van der Waals surface area contributed by atoms with Gasteiger partial charge in [-0.1, -0.05) is 30.3 Å². The number of hydrogen-bond donors (Lipinski definition) is 0. The van der Waals surface area contributed by atoms with Gasteiger partial charge in [-0.25, -0.2) is 4.39 Å². The number of fused-ring (bicyclic) bond motifs is 1. The quantitative estimate of drug-likeness (QED) is 0.340. The van der Waals surface area contributed by atoms with E-state index in [1.54, 1.807) is 54.6 Å². The van der Waals surface area contributed by atoms with Crippen LogP contribution in [0.5, 0.6) is 17.2 Å². The molecule has 3 aromatic rings. The van der Waals surface area contributed by atoms with Crippen LogP contribution in [0.25, 0.3) is 6.08 Å². The van der Waals surface area contributed by atoms with E-state index in [0.717, 1.165) is 6.07 Å². The first-order chi connectivity index (χ1) is 17.7. The standard InChI is InChI=1S/C28H21F4NO4/c1-35-23-4-2-3-19(27(23)36-14-13-28(30,31)32)9-12-22-25(18-7-5-17(16-33)6-8-18)26(34)21-11-10-20(29)15-24(21)37-22/h2-12,15,22,25H,13-14H2,1H3/b12-9+. The van der Waals surface area contributed by atoms with Crippen molar-refractivity contribution in [3.63, 3.8) is 0 Å². The lowest BCUT2D eigenvalue weighted by atomic mass is 9.83. The van der Waals surface area contributed by atoms with Gasteiger partial charge in [-0.05, 0) is 42.0 Å². The fourth-order valence-electron chi connectivity index (χ4n) is 4.03. The molecule has 0 aromatic heterocycles. The Morgan fingerprint density at radius 2 is 1.86 bits per heavy atom. The molecule has 2 unspecified atom stereocenters. The van der Waals surface area contributed by atoms with Crippen LogP contribution in [0.1, 0.15) is 39.4 Å². The fraction of sp³-hybridized carbons (Fsp3) is 0.214. The molecule has 1 aliphatic heterocycles. The summed E-state index contributed by atoms with van der Waals surface area (Å²) in [7, 11) is 1.37. The maximum Gasteiger partial charge on any atom is 0.392 e. The van der Waals surface area contributed by atoms with Crippen LogP contribution in [0.2, 0.25) is 0 Å². The van der Waals surface area contributed by atoms with Gasteiger partial charge < -0.3 is 14.2 Å². The number of ketones is 1. The molecule has 0 saturated heterocycles. The van der Waals surface area contributed by atoms with E-state index in [4.69, 9.17) is 19.5 Å². The minimum absolute atomic E-state index is 0.0804. The second kappa shape index (κ2) is 10.7. The van der Waals surface area contributed by atoms with Crippen LogP contribution in [0.15, 0.2) is 66.7 Å². The molecule has 37 heavy (non-hydrogen) atoms. The third-order valence-corrected chi connectivity index (χ3v) is 5.81. The number of hydrogen-bond acceptors (Lipinski definition) is 5. The molecule has 0 radical (unpaired) electrons. The zero-order valence-electron chi connectivity index (χ0n) is 19.6. The Morgan fingerprint density at radius 3 is 2.54 bits per heavy atom. The average Bonchev–Trinajstić information content (AvgIpc) is 2.87.